The van der Waals surface area contributed by atoms with Gasteiger partial charge in [-0.05, 0) is 51.9 Å². The molecule has 8 nitrogen and oxygen atoms in total. The van der Waals surface area contributed by atoms with Crippen LogP contribution in [0.15, 0.2) is 4.52 Å². The third-order valence-corrected chi connectivity index (χ3v) is 4.65. The molecule has 1 aliphatic rings. The molecular formula is C18H29N3O5. The number of ether oxygens (including phenoxy) is 1. The molecule has 146 valence electrons. The molecule has 0 unspecified atom stereocenters. The Hall–Kier alpha value is -2.12. The predicted molar refractivity (Wildman–Crippen MR) is 93.6 cm³/mol. The Morgan fingerprint density at radius 1 is 1.23 bits per heavy atom. The van der Waals surface area contributed by atoms with E-state index in [0.717, 1.165) is 12.8 Å². The van der Waals surface area contributed by atoms with Gasteiger partial charge in [0.1, 0.15) is 11.1 Å². The van der Waals surface area contributed by atoms with Crippen molar-refractivity contribution in [3.05, 3.63) is 11.7 Å². The van der Waals surface area contributed by atoms with Gasteiger partial charge in [0.25, 0.3) is 0 Å². The van der Waals surface area contributed by atoms with Gasteiger partial charge in [0.15, 0.2) is 5.82 Å². The van der Waals surface area contributed by atoms with Gasteiger partial charge in [0, 0.05) is 6.42 Å². The SMILES string of the molecule is CC1(C)CCC(NC(=O)OC(C)(C)C)(c2noc(CCC(=O)O)n2)CC1. The highest BCUT2D eigenvalue weighted by Crippen LogP contribution is 2.44. The summed E-state index contributed by atoms with van der Waals surface area (Å²) < 4.78 is 10.6. The van der Waals surface area contributed by atoms with Crippen LogP contribution in [0.1, 0.15) is 78.4 Å². The molecular weight excluding hydrogens is 338 g/mol. The van der Waals surface area contributed by atoms with E-state index in [0.29, 0.717) is 18.7 Å². The zero-order valence-electron chi connectivity index (χ0n) is 16.2. The maximum Gasteiger partial charge on any atom is 0.408 e. The summed E-state index contributed by atoms with van der Waals surface area (Å²) in [5.74, 6) is -0.275. The number of aryl methyl sites for hydroxylation is 1. The number of hydrogen-bond acceptors (Lipinski definition) is 6. The Balaban J connectivity index is 2.21. The van der Waals surface area contributed by atoms with Crippen molar-refractivity contribution in [1.82, 2.24) is 15.5 Å². The van der Waals surface area contributed by atoms with Gasteiger partial charge in [0.05, 0.1) is 6.42 Å². The minimum atomic E-state index is -0.925. The summed E-state index contributed by atoms with van der Waals surface area (Å²) in [6.45, 7) is 9.81. The van der Waals surface area contributed by atoms with Crippen LogP contribution in [0.5, 0.6) is 0 Å². The van der Waals surface area contributed by atoms with Gasteiger partial charge in [-0.25, -0.2) is 4.79 Å². The summed E-state index contributed by atoms with van der Waals surface area (Å²) in [4.78, 5) is 27.5. The van der Waals surface area contributed by atoms with Crippen LogP contribution in [0, 0.1) is 5.41 Å². The molecule has 0 aliphatic heterocycles. The van der Waals surface area contributed by atoms with E-state index in [9.17, 15) is 9.59 Å². The summed E-state index contributed by atoms with van der Waals surface area (Å²) >= 11 is 0. The van der Waals surface area contributed by atoms with Crippen molar-refractivity contribution in [1.29, 1.82) is 0 Å². The van der Waals surface area contributed by atoms with E-state index in [4.69, 9.17) is 14.4 Å². The third-order valence-electron chi connectivity index (χ3n) is 4.65. The Morgan fingerprint density at radius 2 is 1.85 bits per heavy atom. The van der Waals surface area contributed by atoms with Crippen LogP contribution < -0.4 is 5.32 Å². The van der Waals surface area contributed by atoms with E-state index in [2.05, 4.69) is 29.3 Å². The van der Waals surface area contributed by atoms with Gasteiger partial charge in [-0.3, -0.25) is 4.79 Å². The van der Waals surface area contributed by atoms with Gasteiger partial charge in [0.2, 0.25) is 5.89 Å². The van der Waals surface area contributed by atoms with Crippen LogP contribution in [-0.4, -0.2) is 32.9 Å². The van der Waals surface area contributed by atoms with Gasteiger partial charge < -0.3 is 19.7 Å². The monoisotopic (exact) mass is 367 g/mol. The van der Waals surface area contributed by atoms with Gasteiger partial charge in [-0.15, -0.1) is 0 Å². The number of amides is 1. The van der Waals surface area contributed by atoms with Crippen LogP contribution >= 0.6 is 0 Å². The van der Waals surface area contributed by atoms with Crippen molar-refractivity contribution in [2.45, 2.75) is 84.3 Å². The zero-order chi connectivity index (χ0) is 19.6. The summed E-state index contributed by atoms with van der Waals surface area (Å²) in [6.07, 6.45) is 2.67. The molecule has 0 aromatic carbocycles. The molecule has 1 heterocycles. The van der Waals surface area contributed by atoms with Crippen LogP contribution in [0.2, 0.25) is 0 Å². The summed E-state index contributed by atoms with van der Waals surface area (Å²) in [6, 6.07) is 0. The molecule has 1 aliphatic carbocycles. The molecule has 0 atom stereocenters. The lowest BCUT2D eigenvalue weighted by atomic mass is 9.69. The van der Waals surface area contributed by atoms with Crippen LogP contribution in [0.3, 0.4) is 0 Å². The lowest BCUT2D eigenvalue weighted by Crippen LogP contribution is -2.51. The maximum atomic E-state index is 12.4. The molecule has 1 aromatic heterocycles. The molecule has 8 heteroatoms. The van der Waals surface area contributed by atoms with Gasteiger partial charge in [-0.1, -0.05) is 19.0 Å². The van der Waals surface area contributed by atoms with Crippen molar-refractivity contribution in [2.75, 3.05) is 0 Å². The number of nitrogens with zero attached hydrogens (tertiary/aromatic N) is 2. The van der Waals surface area contributed by atoms with Crippen LogP contribution in [0.4, 0.5) is 4.79 Å². The molecule has 26 heavy (non-hydrogen) atoms. The Labute approximate surface area is 153 Å². The molecule has 0 radical (unpaired) electrons. The number of hydrogen-bond donors (Lipinski definition) is 2. The molecule has 0 spiro atoms. The lowest BCUT2D eigenvalue weighted by molar-refractivity contribution is -0.137. The fourth-order valence-electron chi connectivity index (χ4n) is 3.02. The number of carbonyl (C=O) groups is 2. The second kappa shape index (κ2) is 7.25. The average Bonchev–Trinajstić information content (AvgIpc) is 2.95. The van der Waals surface area contributed by atoms with Crippen molar-refractivity contribution in [3.8, 4) is 0 Å². The standard InChI is InChI=1S/C18H29N3O5/c1-16(2,3)25-15(24)20-18(10-8-17(4,5)9-11-18)14-19-12(26-21-14)6-7-13(22)23/h6-11H2,1-5H3,(H,20,24)(H,22,23). The highest BCUT2D eigenvalue weighted by atomic mass is 16.6. The Bertz CT molecular complexity index is 650. The number of aliphatic carboxylic acids is 1. The normalized spacial score (nSPS) is 19.0. The predicted octanol–water partition coefficient (Wildman–Crippen LogP) is 3.41. The minimum Gasteiger partial charge on any atom is -0.481 e. The number of rotatable bonds is 5. The number of alkyl carbamates (subject to hydrolysis) is 1. The van der Waals surface area contributed by atoms with E-state index in [-0.39, 0.29) is 24.1 Å². The van der Waals surface area contributed by atoms with Crippen molar-refractivity contribution in [2.24, 2.45) is 5.41 Å². The van der Waals surface area contributed by atoms with Gasteiger partial charge >= 0.3 is 12.1 Å². The lowest BCUT2D eigenvalue weighted by Gasteiger charge is -2.42. The highest BCUT2D eigenvalue weighted by Gasteiger charge is 2.45. The molecule has 2 N–H and O–H groups in total. The van der Waals surface area contributed by atoms with Crippen LogP contribution in [0.25, 0.3) is 0 Å². The highest BCUT2D eigenvalue weighted by molar-refractivity contribution is 5.69. The third kappa shape index (κ3) is 5.44. The molecule has 0 bridgehead atoms. The van der Waals surface area contributed by atoms with Gasteiger partial charge in [-0.2, -0.15) is 4.98 Å². The van der Waals surface area contributed by atoms with E-state index in [1.165, 1.54) is 0 Å². The van der Waals surface area contributed by atoms with Crippen molar-refractivity contribution >= 4 is 12.1 Å². The van der Waals surface area contributed by atoms with E-state index < -0.39 is 23.2 Å². The van der Waals surface area contributed by atoms with E-state index >= 15 is 0 Å². The zero-order valence-corrected chi connectivity index (χ0v) is 16.2. The van der Waals surface area contributed by atoms with Crippen molar-refractivity contribution < 1.29 is 24.0 Å². The first-order valence-corrected chi connectivity index (χ1v) is 8.97. The first kappa shape index (κ1) is 20.2. The number of aromatic nitrogens is 2. The molecule has 0 saturated heterocycles. The number of carbonyl (C=O) groups excluding carboxylic acids is 1. The second-order valence-electron chi connectivity index (χ2n) is 8.78. The van der Waals surface area contributed by atoms with E-state index in [1.807, 2.05) is 20.8 Å². The Kier molecular flexibility index (Phi) is 5.63. The molecule has 1 fully saturated rings. The molecule has 2 rings (SSSR count). The topological polar surface area (TPSA) is 115 Å². The van der Waals surface area contributed by atoms with Crippen LogP contribution in [-0.2, 0) is 21.5 Å². The molecule has 1 amide bonds. The second-order valence-corrected chi connectivity index (χ2v) is 8.78. The maximum absolute atomic E-state index is 12.4. The van der Waals surface area contributed by atoms with Crippen molar-refractivity contribution in [3.63, 3.8) is 0 Å². The fraction of sp³-hybridized carbons (Fsp3) is 0.778. The first-order valence-electron chi connectivity index (χ1n) is 8.97. The summed E-state index contributed by atoms with van der Waals surface area (Å²) in [5, 5.41) is 15.8. The van der Waals surface area contributed by atoms with E-state index in [1.54, 1.807) is 0 Å². The average molecular weight is 367 g/mol. The summed E-state index contributed by atoms with van der Waals surface area (Å²) in [5.41, 5.74) is -1.19. The number of carboxylic acid groups (broad SMARTS) is 1. The first-order chi connectivity index (χ1) is 11.9. The Morgan fingerprint density at radius 3 is 2.38 bits per heavy atom. The molecule has 1 saturated carbocycles. The fourth-order valence-corrected chi connectivity index (χ4v) is 3.02. The number of carboxylic acids is 1. The largest absolute Gasteiger partial charge is 0.481 e. The quantitative estimate of drug-likeness (QED) is 0.819. The smallest absolute Gasteiger partial charge is 0.408 e. The molecule has 1 aromatic rings. The number of nitrogens with one attached hydrogen (secondary N) is 1. The minimum absolute atomic E-state index is 0.0822. The summed E-state index contributed by atoms with van der Waals surface area (Å²) in [7, 11) is 0.